The van der Waals surface area contributed by atoms with Crippen molar-refractivity contribution in [2.75, 3.05) is 26.2 Å². The van der Waals surface area contributed by atoms with E-state index >= 15 is 0 Å². The molecule has 1 fully saturated rings. The van der Waals surface area contributed by atoms with Crippen molar-refractivity contribution in [1.82, 2.24) is 9.80 Å². The van der Waals surface area contributed by atoms with Gasteiger partial charge in [-0.05, 0) is 45.4 Å². The molecule has 1 heterocycles. The van der Waals surface area contributed by atoms with E-state index in [1.54, 1.807) is 4.90 Å². The monoisotopic (exact) mass is 315 g/mol. The van der Waals surface area contributed by atoms with Crippen molar-refractivity contribution in [1.29, 1.82) is 5.26 Å². The van der Waals surface area contributed by atoms with E-state index in [1.807, 2.05) is 45.0 Å². The van der Waals surface area contributed by atoms with Crippen molar-refractivity contribution in [2.24, 2.45) is 0 Å². The Balaban J connectivity index is 1.90. The molecule has 0 spiro atoms. The molecule has 2 rings (SSSR count). The molecule has 1 unspecified atom stereocenters. The number of benzene rings is 1. The van der Waals surface area contributed by atoms with Crippen LogP contribution >= 0.6 is 0 Å². The number of carbonyl (C=O) groups excluding carboxylic acids is 1. The molecule has 0 saturated carbocycles. The fourth-order valence-electron chi connectivity index (χ4n) is 2.67. The van der Waals surface area contributed by atoms with Crippen molar-refractivity contribution in [3.05, 3.63) is 35.4 Å². The average molecular weight is 315 g/mol. The normalized spacial score (nSPS) is 17.4. The van der Waals surface area contributed by atoms with Crippen molar-refractivity contribution in [3.8, 4) is 6.07 Å². The lowest BCUT2D eigenvalue weighted by atomic mass is 10.0. The van der Waals surface area contributed by atoms with Crippen LogP contribution in [-0.2, 0) is 4.74 Å². The second kappa shape index (κ2) is 7.01. The molecular weight excluding hydrogens is 290 g/mol. The molecular formula is C18H25N3O2. The van der Waals surface area contributed by atoms with Crippen molar-refractivity contribution >= 4 is 6.09 Å². The SMILES string of the molecule is CC(c1ccc(C#N)cc1)N1CCN(C(=O)OC(C)(C)C)CC1. The number of nitrogens with zero attached hydrogens (tertiary/aromatic N) is 3. The van der Waals surface area contributed by atoms with Crippen molar-refractivity contribution < 1.29 is 9.53 Å². The van der Waals surface area contributed by atoms with Crippen LogP contribution in [0.4, 0.5) is 4.79 Å². The maximum absolute atomic E-state index is 12.1. The van der Waals surface area contributed by atoms with Crippen LogP contribution in [0.1, 0.15) is 44.9 Å². The highest BCUT2D eigenvalue weighted by molar-refractivity contribution is 5.68. The highest BCUT2D eigenvalue weighted by Crippen LogP contribution is 2.22. The predicted octanol–water partition coefficient (Wildman–Crippen LogP) is 3.17. The Morgan fingerprint density at radius 2 is 1.74 bits per heavy atom. The molecule has 5 heteroatoms. The van der Waals surface area contributed by atoms with E-state index in [4.69, 9.17) is 10.00 Å². The average Bonchev–Trinajstić information content (AvgIpc) is 2.53. The third-order valence-electron chi connectivity index (χ3n) is 4.04. The number of carbonyl (C=O) groups is 1. The molecule has 1 aliphatic rings. The third-order valence-corrected chi connectivity index (χ3v) is 4.04. The standard InChI is InChI=1S/C18H25N3O2/c1-14(16-7-5-15(13-19)6-8-16)20-9-11-21(12-10-20)17(22)23-18(2,3)4/h5-8,14H,9-12H2,1-4H3. The molecule has 0 radical (unpaired) electrons. The van der Waals surface area contributed by atoms with Gasteiger partial charge in [0.1, 0.15) is 5.60 Å². The van der Waals surface area contributed by atoms with Gasteiger partial charge in [0, 0.05) is 32.2 Å². The summed E-state index contributed by atoms with van der Waals surface area (Å²) in [6.07, 6.45) is -0.233. The predicted molar refractivity (Wildman–Crippen MR) is 89.0 cm³/mol. The lowest BCUT2D eigenvalue weighted by Crippen LogP contribution is -2.50. The zero-order chi connectivity index (χ0) is 17.0. The maximum atomic E-state index is 12.1. The highest BCUT2D eigenvalue weighted by Gasteiger charge is 2.27. The molecule has 1 saturated heterocycles. The van der Waals surface area contributed by atoms with Crippen molar-refractivity contribution in [2.45, 2.75) is 39.3 Å². The summed E-state index contributed by atoms with van der Waals surface area (Å²) in [4.78, 5) is 16.2. The van der Waals surface area contributed by atoms with Gasteiger partial charge in [-0.3, -0.25) is 4.90 Å². The van der Waals surface area contributed by atoms with E-state index in [1.165, 1.54) is 5.56 Å². The molecule has 1 aliphatic heterocycles. The summed E-state index contributed by atoms with van der Waals surface area (Å²) in [5.74, 6) is 0. The van der Waals surface area contributed by atoms with Crippen LogP contribution in [0.5, 0.6) is 0 Å². The summed E-state index contributed by atoms with van der Waals surface area (Å²) in [6, 6.07) is 10.1. The van der Waals surface area contributed by atoms with Gasteiger partial charge in [0.25, 0.3) is 0 Å². The Morgan fingerprint density at radius 3 is 2.22 bits per heavy atom. The zero-order valence-corrected chi connectivity index (χ0v) is 14.4. The highest BCUT2D eigenvalue weighted by atomic mass is 16.6. The van der Waals surface area contributed by atoms with E-state index in [-0.39, 0.29) is 12.1 Å². The summed E-state index contributed by atoms with van der Waals surface area (Å²) < 4.78 is 5.42. The number of rotatable bonds is 2. The fraction of sp³-hybridized carbons (Fsp3) is 0.556. The first-order chi connectivity index (χ1) is 10.8. The summed E-state index contributed by atoms with van der Waals surface area (Å²) in [6.45, 7) is 10.8. The number of ether oxygens (including phenoxy) is 1. The maximum Gasteiger partial charge on any atom is 0.410 e. The third kappa shape index (κ3) is 4.70. The Morgan fingerprint density at radius 1 is 1.17 bits per heavy atom. The summed E-state index contributed by atoms with van der Waals surface area (Å²) in [5.41, 5.74) is 1.41. The molecule has 1 aromatic carbocycles. The lowest BCUT2D eigenvalue weighted by Gasteiger charge is -2.38. The van der Waals surface area contributed by atoms with Gasteiger partial charge in [0.15, 0.2) is 0 Å². The van der Waals surface area contributed by atoms with Gasteiger partial charge in [-0.1, -0.05) is 12.1 Å². The quantitative estimate of drug-likeness (QED) is 0.841. The van der Waals surface area contributed by atoms with E-state index in [2.05, 4.69) is 17.9 Å². The molecule has 1 aromatic rings. The Bertz CT molecular complexity index is 576. The first kappa shape index (κ1) is 17.3. The van der Waals surface area contributed by atoms with Gasteiger partial charge >= 0.3 is 6.09 Å². The van der Waals surface area contributed by atoms with Crippen LogP contribution in [-0.4, -0.2) is 47.7 Å². The second-order valence-corrected chi connectivity index (χ2v) is 6.91. The number of amides is 1. The smallest absolute Gasteiger partial charge is 0.410 e. The van der Waals surface area contributed by atoms with Crippen LogP contribution < -0.4 is 0 Å². The lowest BCUT2D eigenvalue weighted by molar-refractivity contribution is 0.0110. The summed E-state index contributed by atoms with van der Waals surface area (Å²) in [7, 11) is 0. The van der Waals surface area contributed by atoms with Crippen LogP contribution in [0.3, 0.4) is 0 Å². The van der Waals surface area contributed by atoms with Gasteiger partial charge in [-0.2, -0.15) is 5.26 Å². The van der Waals surface area contributed by atoms with Gasteiger partial charge in [-0.25, -0.2) is 4.79 Å². The molecule has 1 atom stereocenters. The fourth-order valence-corrected chi connectivity index (χ4v) is 2.67. The molecule has 23 heavy (non-hydrogen) atoms. The molecule has 0 bridgehead atoms. The van der Waals surface area contributed by atoms with Crippen LogP contribution in [0.2, 0.25) is 0 Å². The number of hydrogen-bond donors (Lipinski definition) is 0. The summed E-state index contributed by atoms with van der Waals surface area (Å²) >= 11 is 0. The Kier molecular flexibility index (Phi) is 5.27. The number of piperazine rings is 1. The Labute approximate surface area is 138 Å². The van der Waals surface area contributed by atoms with E-state index in [0.29, 0.717) is 18.7 Å². The van der Waals surface area contributed by atoms with Gasteiger partial charge in [-0.15, -0.1) is 0 Å². The minimum absolute atomic E-state index is 0.233. The minimum atomic E-state index is -0.454. The van der Waals surface area contributed by atoms with Crippen LogP contribution in [0, 0.1) is 11.3 Å². The van der Waals surface area contributed by atoms with Gasteiger partial charge < -0.3 is 9.64 Å². The van der Waals surface area contributed by atoms with Crippen molar-refractivity contribution in [3.63, 3.8) is 0 Å². The van der Waals surface area contributed by atoms with Crippen LogP contribution in [0.25, 0.3) is 0 Å². The zero-order valence-electron chi connectivity index (χ0n) is 14.4. The molecule has 5 nitrogen and oxygen atoms in total. The van der Waals surface area contributed by atoms with Crippen LogP contribution in [0.15, 0.2) is 24.3 Å². The first-order valence-electron chi connectivity index (χ1n) is 8.02. The second-order valence-electron chi connectivity index (χ2n) is 6.91. The number of nitriles is 1. The molecule has 0 aliphatic carbocycles. The summed E-state index contributed by atoms with van der Waals surface area (Å²) in [5, 5.41) is 8.87. The van der Waals surface area contributed by atoms with Gasteiger partial charge in [0.05, 0.1) is 11.6 Å². The molecule has 1 amide bonds. The number of hydrogen-bond acceptors (Lipinski definition) is 4. The first-order valence-corrected chi connectivity index (χ1v) is 8.02. The molecule has 0 aromatic heterocycles. The topological polar surface area (TPSA) is 56.6 Å². The van der Waals surface area contributed by atoms with E-state index < -0.39 is 5.60 Å². The molecule has 124 valence electrons. The van der Waals surface area contributed by atoms with Gasteiger partial charge in [0.2, 0.25) is 0 Å². The van der Waals surface area contributed by atoms with E-state index in [0.717, 1.165) is 13.1 Å². The Hall–Kier alpha value is -2.06. The minimum Gasteiger partial charge on any atom is -0.444 e. The largest absolute Gasteiger partial charge is 0.444 e. The van der Waals surface area contributed by atoms with E-state index in [9.17, 15) is 4.79 Å². The molecule has 0 N–H and O–H groups in total.